The summed E-state index contributed by atoms with van der Waals surface area (Å²) < 4.78 is 5.24. The van der Waals surface area contributed by atoms with Gasteiger partial charge in [-0.3, -0.25) is 0 Å². The van der Waals surface area contributed by atoms with Gasteiger partial charge in [0.1, 0.15) is 5.76 Å². The summed E-state index contributed by atoms with van der Waals surface area (Å²) in [7, 11) is 0. The van der Waals surface area contributed by atoms with E-state index in [4.69, 9.17) is 4.42 Å². The van der Waals surface area contributed by atoms with Gasteiger partial charge in [0.25, 0.3) is 0 Å². The minimum atomic E-state index is -0.0714. The van der Waals surface area contributed by atoms with Crippen LogP contribution in [0.4, 0.5) is 0 Å². The van der Waals surface area contributed by atoms with Crippen molar-refractivity contribution in [2.45, 2.75) is 18.2 Å². The van der Waals surface area contributed by atoms with Gasteiger partial charge in [-0.15, -0.1) is 11.8 Å². The molecule has 0 radical (unpaired) electrons. The first-order chi connectivity index (χ1) is 8.18. The Bertz CT molecular complexity index is 492. The molecule has 0 fully saturated rings. The summed E-state index contributed by atoms with van der Waals surface area (Å²) in [5.41, 5.74) is 0.717. The molecule has 4 heteroatoms. The highest BCUT2D eigenvalue weighted by Crippen LogP contribution is 2.35. The van der Waals surface area contributed by atoms with Crippen molar-refractivity contribution in [3.05, 3.63) is 41.9 Å². The highest BCUT2D eigenvalue weighted by Gasteiger charge is 2.08. The zero-order valence-corrected chi connectivity index (χ0v) is 10.3. The van der Waals surface area contributed by atoms with Gasteiger partial charge < -0.3 is 14.6 Å². The van der Waals surface area contributed by atoms with E-state index < -0.39 is 0 Å². The fourth-order valence-electron chi connectivity index (χ4n) is 1.54. The Labute approximate surface area is 104 Å². The molecule has 90 valence electrons. The number of furan rings is 1. The molecule has 2 aromatic rings. The summed E-state index contributed by atoms with van der Waals surface area (Å²) in [6.45, 7) is 1.80. The highest BCUT2D eigenvalue weighted by molar-refractivity contribution is 7.99. The zero-order valence-electron chi connectivity index (χ0n) is 9.51. The average molecular weight is 250 g/mol. The summed E-state index contributed by atoms with van der Waals surface area (Å²) in [5.74, 6) is 1.72. The Morgan fingerprint density at radius 2 is 2.06 bits per heavy atom. The van der Waals surface area contributed by atoms with Crippen molar-refractivity contribution in [1.82, 2.24) is 0 Å². The van der Waals surface area contributed by atoms with Crippen LogP contribution < -0.4 is 0 Å². The van der Waals surface area contributed by atoms with Crippen molar-refractivity contribution < 1.29 is 14.6 Å². The van der Waals surface area contributed by atoms with E-state index in [2.05, 4.69) is 0 Å². The van der Waals surface area contributed by atoms with E-state index >= 15 is 0 Å². The fraction of sp³-hybridized carbons (Fsp3) is 0.231. The van der Waals surface area contributed by atoms with Gasteiger partial charge in [-0.2, -0.15) is 0 Å². The van der Waals surface area contributed by atoms with E-state index in [-0.39, 0.29) is 11.5 Å². The van der Waals surface area contributed by atoms with Crippen LogP contribution in [0.5, 0.6) is 11.5 Å². The van der Waals surface area contributed by atoms with E-state index in [9.17, 15) is 10.2 Å². The number of phenolic OH excluding ortho intramolecular Hbond substituents is 2. The molecule has 0 aliphatic rings. The molecule has 1 aromatic carbocycles. The fourth-order valence-corrected chi connectivity index (χ4v) is 2.54. The number of hydrogen-bond acceptors (Lipinski definition) is 4. The molecule has 1 aromatic heterocycles. The van der Waals surface area contributed by atoms with E-state index in [1.807, 2.05) is 18.2 Å². The van der Waals surface area contributed by atoms with Crippen molar-refractivity contribution in [2.75, 3.05) is 5.75 Å². The summed E-state index contributed by atoms with van der Waals surface area (Å²) in [4.78, 5) is 0.979. The monoisotopic (exact) mass is 250 g/mol. The molecule has 17 heavy (non-hydrogen) atoms. The van der Waals surface area contributed by atoms with Gasteiger partial charge in [0, 0.05) is 22.6 Å². The van der Waals surface area contributed by atoms with Gasteiger partial charge in [0.05, 0.1) is 6.26 Å². The summed E-state index contributed by atoms with van der Waals surface area (Å²) in [5, 5.41) is 18.9. The van der Waals surface area contributed by atoms with Crippen molar-refractivity contribution >= 4 is 11.8 Å². The zero-order chi connectivity index (χ0) is 12.3. The summed E-state index contributed by atoms with van der Waals surface area (Å²) >= 11 is 1.64. The molecule has 0 spiro atoms. The Morgan fingerprint density at radius 1 is 1.24 bits per heavy atom. The molecule has 2 rings (SSSR count). The third kappa shape index (κ3) is 2.77. The lowest BCUT2D eigenvalue weighted by Gasteiger charge is -2.08. The van der Waals surface area contributed by atoms with Crippen LogP contribution in [-0.2, 0) is 6.42 Å². The van der Waals surface area contributed by atoms with Crippen LogP contribution in [0.25, 0.3) is 0 Å². The van der Waals surface area contributed by atoms with Crippen molar-refractivity contribution in [3.63, 3.8) is 0 Å². The minimum Gasteiger partial charge on any atom is -0.504 e. The van der Waals surface area contributed by atoms with Gasteiger partial charge in [0.2, 0.25) is 0 Å². The van der Waals surface area contributed by atoms with Crippen molar-refractivity contribution in [1.29, 1.82) is 0 Å². The standard InChI is InChI=1S/C13H14O3S/c1-9-12(5-4-11(14)13(9)15)17-8-6-10-3-2-7-16-10/h2-5,7,14-15H,6,8H2,1H3. The number of phenols is 2. The first kappa shape index (κ1) is 11.9. The van der Waals surface area contributed by atoms with Gasteiger partial charge in [-0.1, -0.05) is 0 Å². The van der Waals surface area contributed by atoms with Crippen LogP contribution in [0.15, 0.2) is 39.8 Å². The molecule has 0 aliphatic carbocycles. The van der Waals surface area contributed by atoms with E-state index in [1.54, 1.807) is 24.9 Å². The van der Waals surface area contributed by atoms with Gasteiger partial charge in [-0.05, 0) is 31.2 Å². The first-order valence-corrected chi connectivity index (χ1v) is 6.34. The van der Waals surface area contributed by atoms with E-state index in [0.29, 0.717) is 0 Å². The molecule has 0 bridgehead atoms. The molecule has 1 heterocycles. The maximum atomic E-state index is 9.59. The molecule has 0 saturated heterocycles. The second kappa shape index (κ2) is 5.19. The summed E-state index contributed by atoms with van der Waals surface area (Å²) in [6.07, 6.45) is 2.51. The van der Waals surface area contributed by atoms with Gasteiger partial charge in [0.15, 0.2) is 11.5 Å². The number of thioether (sulfide) groups is 1. The SMILES string of the molecule is Cc1c(SCCc2ccco2)ccc(O)c1O. The molecule has 0 unspecified atom stereocenters. The lowest BCUT2D eigenvalue weighted by molar-refractivity contribution is 0.399. The molecule has 2 N–H and O–H groups in total. The van der Waals surface area contributed by atoms with E-state index in [1.165, 1.54) is 6.07 Å². The molecule has 0 aliphatic heterocycles. The lowest BCUT2D eigenvalue weighted by Crippen LogP contribution is -1.88. The minimum absolute atomic E-state index is 0.0343. The Balaban J connectivity index is 1.97. The Morgan fingerprint density at radius 3 is 2.76 bits per heavy atom. The van der Waals surface area contributed by atoms with Crippen LogP contribution in [0.2, 0.25) is 0 Å². The number of benzene rings is 1. The average Bonchev–Trinajstić information content (AvgIpc) is 2.82. The van der Waals surface area contributed by atoms with Crippen LogP contribution in [0.1, 0.15) is 11.3 Å². The predicted molar refractivity (Wildman–Crippen MR) is 67.6 cm³/mol. The normalized spacial score (nSPS) is 10.6. The van der Waals surface area contributed by atoms with E-state index in [0.717, 1.165) is 28.4 Å². The summed E-state index contributed by atoms with van der Waals surface area (Å²) in [6, 6.07) is 7.15. The number of rotatable bonds is 4. The van der Waals surface area contributed by atoms with Gasteiger partial charge in [-0.25, -0.2) is 0 Å². The predicted octanol–water partition coefficient (Wildman–Crippen LogP) is 3.33. The molecule has 0 amide bonds. The number of aromatic hydroxyl groups is 2. The largest absolute Gasteiger partial charge is 0.504 e. The Hall–Kier alpha value is -1.55. The topological polar surface area (TPSA) is 53.6 Å². The number of aryl methyl sites for hydroxylation is 1. The maximum absolute atomic E-state index is 9.59. The van der Waals surface area contributed by atoms with Crippen LogP contribution in [0, 0.1) is 6.92 Å². The second-order valence-electron chi connectivity index (χ2n) is 3.73. The third-order valence-corrected chi connectivity index (χ3v) is 3.71. The number of hydrogen-bond donors (Lipinski definition) is 2. The molecule has 0 saturated carbocycles. The smallest absolute Gasteiger partial charge is 0.161 e. The molecule has 3 nitrogen and oxygen atoms in total. The highest BCUT2D eigenvalue weighted by atomic mass is 32.2. The molecule has 0 atom stereocenters. The first-order valence-electron chi connectivity index (χ1n) is 5.35. The molecular formula is C13H14O3S. The van der Waals surface area contributed by atoms with Crippen LogP contribution >= 0.6 is 11.8 Å². The quantitative estimate of drug-likeness (QED) is 0.645. The van der Waals surface area contributed by atoms with Crippen molar-refractivity contribution in [2.24, 2.45) is 0 Å². The molecular weight excluding hydrogens is 236 g/mol. The van der Waals surface area contributed by atoms with Crippen LogP contribution in [-0.4, -0.2) is 16.0 Å². The van der Waals surface area contributed by atoms with Gasteiger partial charge >= 0.3 is 0 Å². The third-order valence-electron chi connectivity index (χ3n) is 2.55. The maximum Gasteiger partial charge on any atom is 0.161 e. The van der Waals surface area contributed by atoms with Crippen molar-refractivity contribution in [3.8, 4) is 11.5 Å². The second-order valence-corrected chi connectivity index (χ2v) is 4.87. The van der Waals surface area contributed by atoms with Crippen LogP contribution in [0.3, 0.4) is 0 Å². The lowest BCUT2D eigenvalue weighted by atomic mass is 10.2. The Kier molecular flexibility index (Phi) is 3.64.